The smallest absolute Gasteiger partial charge is 0.338 e. The predicted octanol–water partition coefficient (Wildman–Crippen LogP) is -0.0118. The Hall–Kier alpha value is -0.680. The number of hydrogen-bond donors (Lipinski definition) is 2. The van der Waals surface area contributed by atoms with Crippen molar-refractivity contribution in [1.29, 1.82) is 0 Å². The first-order valence-corrected chi connectivity index (χ1v) is 5.09. The van der Waals surface area contributed by atoms with Crippen molar-refractivity contribution >= 4 is 23.2 Å². The second kappa shape index (κ2) is 2.90. The lowest BCUT2D eigenvalue weighted by molar-refractivity contribution is -0.202. The Balaban J connectivity index is 2.28. The molecule has 0 radical (unpaired) electrons. The molecule has 3 atom stereocenters. The fourth-order valence-corrected chi connectivity index (χ4v) is 2.41. The molecule has 0 aromatic heterocycles. The standard InChI is InChI=1S/C9H13NO3S/c1-4(2)7(11)9-5(13-8(9)12)3-6(14)10-9/h4-5,7,11H,3H2,1-2H3,(H,10,14)/t5-,7-,9-/m0/s1. The third-order valence-electron chi connectivity index (χ3n) is 2.91. The highest BCUT2D eigenvalue weighted by Crippen LogP contribution is 2.40. The van der Waals surface area contributed by atoms with E-state index in [1.54, 1.807) is 0 Å². The van der Waals surface area contributed by atoms with Crippen LogP contribution in [0.4, 0.5) is 0 Å². The first-order valence-electron chi connectivity index (χ1n) is 4.68. The lowest BCUT2D eigenvalue weighted by Gasteiger charge is -2.45. The van der Waals surface area contributed by atoms with Crippen molar-refractivity contribution in [3.8, 4) is 0 Å². The number of aliphatic hydroxyl groups excluding tert-OH is 1. The predicted molar refractivity (Wildman–Crippen MR) is 53.8 cm³/mol. The van der Waals surface area contributed by atoms with Crippen molar-refractivity contribution in [2.75, 3.05) is 0 Å². The van der Waals surface area contributed by atoms with E-state index in [1.165, 1.54) is 0 Å². The molecule has 2 aliphatic rings. The van der Waals surface area contributed by atoms with Gasteiger partial charge in [-0.2, -0.15) is 0 Å². The maximum absolute atomic E-state index is 11.4. The number of nitrogens with one attached hydrogen (secondary N) is 1. The zero-order chi connectivity index (χ0) is 10.5. The monoisotopic (exact) mass is 215 g/mol. The van der Waals surface area contributed by atoms with Crippen LogP contribution in [0.15, 0.2) is 0 Å². The molecule has 0 amide bonds. The molecular weight excluding hydrogens is 202 g/mol. The molecule has 0 saturated carbocycles. The van der Waals surface area contributed by atoms with Gasteiger partial charge in [-0.25, -0.2) is 4.79 Å². The molecule has 0 spiro atoms. The van der Waals surface area contributed by atoms with Crippen LogP contribution >= 0.6 is 12.2 Å². The number of aliphatic hydroxyl groups is 1. The molecule has 0 bridgehead atoms. The van der Waals surface area contributed by atoms with Gasteiger partial charge in [0.1, 0.15) is 6.10 Å². The van der Waals surface area contributed by atoms with Crippen LogP contribution < -0.4 is 5.32 Å². The Labute approximate surface area is 87.6 Å². The van der Waals surface area contributed by atoms with Crippen LogP contribution in [0.2, 0.25) is 0 Å². The van der Waals surface area contributed by atoms with Crippen molar-refractivity contribution < 1.29 is 14.6 Å². The Kier molecular flexibility index (Phi) is 2.04. The van der Waals surface area contributed by atoms with Gasteiger partial charge in [0.25, 0.3) is 0 Å². The van der Waals surface area contributed by atoms with E-state index in [-0.39, 0.29) is 18.0 Å². The minimum absolute atomic E-state index is 0.00116. The quantitative estimate of drug-likeness (QED) is 0.501. The maximum Gasteiger partial charge on any atom is 0.338 e. The molecule has 0 aliphatic carbocycles. The molecule has 4 nitrogen and oxygen atoms in total. The molecule has 2 saturated heterocycles. The van der Waals surface area contributed by atoms with Crippen molar-refractivity contribution in [3.63, 3.8) is 0 Å². The average Bonchev–Trinajstić information content (AvgIpc) is 2.37. The van der Waals surface area contributed by atoms with Crippen LogP contribution in [0.25, 0.3) is 0 Å². The van der Waals surface area contributed by atoms with Crippen molar-refractivity contribution in [2.45, 2.75) is 38.0 Å². The van der Waals surface area contributed by atoms with E-state index in [1.807, 2.05) is 13.8 Å². The summed E-state index contributed by atoms with van der Waals surface area (Å²) in [5, 5.41) is 12.9. The van der Waals surface area contributed by atoms with Gasteiger partial charge in [-0.05, 0) is 5.92 Å². The summed E-state index contributed by atoms with van der Waals surface area (Å²) in [6, 6.07) is 0. The maximum atomic E-state index is 11.4. The van der Waals surface area contributed by atoms with Crippen LogP contribution in [0.5, 0.6) is 0 Å². The summed E-state index contributed by atoms with van der Waals surface area (Å²) in [5.41, 5.74) is -0.953. The SMILES string of the molecule is CC(C)[C@H](O)[C@@]12NC(=S)C[C@@H]1OC2=O. The highest BCUT2D eigenvalue weighted by atomic mass is 32.1. The molecule has 2 fully saturated rings. The first-order chi connectivity index (χ1) is 6.48. The van der Waals surface area contributed by atoms with Gasteiger partial charge in [-0.3, -0.25) is 0 Å². The minimum Gasteiger partial charge on any atom is -0.457 e. The van der Waals surface area contributed by atoms with E-state index in [2.05, 4.69) is 5.32 Å². The normalized spacial score (nSPS) is 37.3. The number of fused-ring (bicyclic) bond motifs is 1. The molecule has 0 unspecified atom stereocenters. The van der Waals surface area contributed by atoms with Gasteiger partial charge < -0.3 is 15.2 Å². The fraction of sp³-hybridized carbons (Fsp3) is 0.778. The van der Waals surface area contributed by atoms with Crippen molar-refractivity contribution in [2.24, 2.45) is 5.92 Å². The number of carbonyl (C=O) groups is 1. The summed E-state index contributed by atoms with van der Waals surface area (Å²) in [6.07, 6.45) is -0.487. The number of thiocarbonyl (C=S) groups is 1. The highest BCUT2D eigenvalue weighted by Gasteiger charge is 2.67. The van der Waals surface area contributed by atoms with E-state index in [4.69, 9.17) is 17.0 Å². The summed E-state index contributed by atoms with van der Waals surface area (Å²) >= 11 is 4.99. The van der Waals surface area contributed by atoms with Gasteiger partial charge in [0, 0.05) is 6.42 Å². The van der Waals surface area contributed by atoms with E-state index in [9.17, 15) is 9.90 Å². The van der Waals surface area contributed by atoms with E-state index in [0.717, 1.165) is 0 Å². The van der Waals surface area contributed by atoms with Crippen LogP contribution in [0, 0.1) is 5.92 Å². The van der Waals surface area contributed by atoms with Crippen molar-refractivity contribution in [1.82, 2.24) is 5.32 Å². The second-order valence-corrected chi connectivity index (χ2v) is 4.70. The number of carbonyl (C=O) groups excluding carboxylic acids is 1. The minimum atomic E-state index is -0.953. The zero-order valence-corrected chi connectivity index (χ0v) is 8.93. The Morgan fingerprint density at radius 3 is 2.79 bits per heavy atom. The van der Waals surface area contributed by atoms with E-state index < -0.39 is 11.6 Å². The van der Waals surface area contributed by atoms with Crippen LogP contribution in [0.3, 0.4) is 0 Å². The number of esters is 1. The average molecular weight is 215 g/mol. The second-order valence-electron chi connectivity index (χ2n) is 4.20. The molecule has 2 N–H and O–H groups in total. The number of rotatable bonds is 2. The Morgan fingerprint density at radius 1 is 1.71 bits per heavy atom. The van der Waals surface area contributed by atoms with Gasteiger partial charge in [-0.1, -0.05) is 26.1 Å². The summed E-state index contributed by atoms with van der Waals surface area (Å²) < 4.78 is 4.96. The molecule has 0 aromatic rings. The van der Waals surface area contributed by atoms with Gasteiger partial charge in [0.2, 0.25) is 0 Å². The Bertz CT molecular complexity index is 304. The fourth-order valence-electron chi connectivity index (χ4n) is 2.09. The molecule has 2 aliphatic heterocycles. The molecule has 5 heteroatoms. The lowest BCUT2D eigenvalue weighted by Crippen LogP contribution is -2.73. The molecule has 14 heavy (non-hydrogen) atoms. The summed E-state index contributed by atoms with van der Waals surface area (Å²) in [4.78, 5) is 12.0. The molecule has 2 rings (SSSR count). The number of hydrogen-bond acceptors (Lipinski definition) is 4. The van der Waals surface area contributed by atoms with Gasteiger partial charge >= 0.3 is 5.97 Å². The third-order valence-corrected chi connectivity index (χ3v) is 3.18. The Morgan fingerprint density at radius 2 is 2.36 bits per heavy atom. The molecule has 2 heterocycles. The zero-order valence-electron chi connectivity index (χ0n) is 8.11. The van der Waals surface area contributed by atoms with E-state index >= 15 is 0 Å². The summed E-state index contributed by atoms with van der Waals surface area (Å²) in [7, 11) is 0. The highest BCUT2D eigenvalue weighted by molar-refractivity contribution is 7.80. The largest absolute Gasteiger partial charge is 0.457 e. The van der Waals surface area contributed by atoms with Gasteiger partial charge in [0.15, 0.2) is 5.54 Å². The van der Waals surface area contributed by atoms with E-state index in [0.29, 0.717) is 11.4 Å². The van der Waals surface area contributed by atoms with Gasteiger partial charge in [0.05, 0.1) is 11.1 Å². The first kappa shape index (κ1) is 9.86. The van der Waals surface area contributed by atoms with Gasteiger partial charge in [-0.15, -0.1) is 0 Å². The van der Waals surface area contributed by atoms with Crippen LogP contribution in [-0.4, -0.2) is 33.8 Å². The lowest BCUT2D eigenvalue weighted by atomic mass is 9.78. The molecule has 78 valence electrons. The van der Waals surface area contributed by atoms with Crippen LogP contribution in [-0.2, 0) is 9.53 Å². The summed E-state index contributed by atoms with van der Waals surface area (Å²) in [5.74, 6) is -0.387. The molecular formula is C9H13NO3S. The van der Waals surface area contributed by atoms with Crippen molar-refractivity contribution in [3.05, 3.63) is 0 Å². The third kappa shape index (κ3) is 1.02. The molecule has 0 aromatic carbocycles. The topological polar surface area (TPSA) is 58.6 Å². The summed E-state index contributed by atoms with van der Waals surface area (Å²) in [6.45, 7) is 3.73. The number of ether oxygens (including phenoxy) is 1. The van der Waals surface area contributed by atoms with Crippen LogP contribution in [0.1, 0.15) is 20.3 Å².